The van der Waals surface area contributed by atoms with E-state index in [1.54, 1.807) is 23.1 Å². The third-order valence-corrected chi connectivity index (χ3v) is 5.89. The fourth-order valence-corrected chi connectivity index (χ4v) is 4.27. The highest BCUT2D eigenvalue weighted by atomic mass is 19.1. The van der Waals surface area contributed by atoms with E-state index in [2.05, 4.69) is 10.2 Å². The Morgan fingerprint density at radius 2 is 1.82 bits per heavy atom. The van der Waals surface area contributed by atoms with Gasteiger partial charge in [0.15, 0.2) is 0 Å². The standard InChI is InChI=1S/C25H27F2N3O3/c1-16(2)14-25(32)11-12-30(15-23(25)33-20-9-7-19(27)8-10-20)24(31)22-13-21(28-29-22)17-3-5-18(26)6-4-17/h3-10,13,16,23,32H,11-12,14-15H2,1-2H3,(H,28,29)/t23-,25+/m0/s1. The summed E-state index contributed by atoms with van der Waals surface area (Å²) in [6, 6.07) is 13.1. The molecule has 1 fully saturated rings. The number of hydrogen-bond donors (Lipinski definition) is 2. The number of H-pyrrole nitrogens is 1. The number of carbonyl (C=O) groups is 1. The Hall–Kier alpha value is -3.26. The Labute approximate surface area is 191 Å². The van der Waals surface area contributed by atoms with E-state index in [1.165, 1.54) is 36.4 Å². The first-order chi connectivity index (χ1) is 15.7. The van der Waals surface area contributed by atoms with Gasteiger partial charge >= 0.3 is 0 Å². The van der Waals surface area contributed by atoms with Gasteiger partial charge in [-0.1, -0.05) is 13.8 Å². The molecule has 0 unspecified atom stereocenters. The number of nitrogens with zero attached hydrogens (tertiary/aromatic N) is 2. The zero-order valence-corrected chi connectivity index (χ0v) is 18.6. The molecule has 1 aliphatic heterocycles. The topological polar surface area (TPSA) is 78.5 Å². The van der Waals surface area contributed by atoms with Crippen molar-refractivity contribution in [1.82, 2.24) is 15.1 Å². The van der Waals surface area contributed by atoms with Gasteiger partial charge in [0.2, 0.25) is 0 Å². The lowest BCUT2D eigenvalue weighted by Gasteiger charge is -2.45. The Kier molecular flexibility index (Phi) is 6.47. The zero-order valence-electron chi connectivity index (χ0n) is 18.6. The van der Waals surface area contributed by atoms with Crippen LogP contribution in [0.1, 0.15) is 37.2 Å². The van der Waals surface area contributed by atoms with Gasteiger partial charge in [0.25, 0.3) is 5.91 Å². The van der Waals surface area contributed by atoms with Gasteiger partial charge in [0, 0.05) is 12.1 Å². The number of carbonyl (C=O) groups excluding carboxylic acids is 1. The molecule has 2 N–H and O–H groups in total. The molecule has 1 aliphatic rings. The second kappa shape index (κ2) is 9.31. The molecule has 4 rings (SSSR count). The van der Waals surface area contributed by atoms with Crippen LogP contribution in [0.2, 0.25) is 0 Å². The molecule has 1 aromatic heterocycles. The zero-order chi connectivity index (χ0) is 23.6. The summed E-state index contributed by atoms with van der Waals surface area (Å²) in [4.78, 5) is 14.8. The van der Waals surface area contributed by atoms with Crippen molar-refractivity contribution in [2.24, 2.45) is 5.92 Å². The van der Waals surface area contributed by atoms with Crippen LogP contribution in [-0.2, 0) is 0 Å². The summed E-state index contributed by atoms with van der Waals surface area (Å²) in [5, 5.41) is 18.3. The fourth-order valence-electron chi connectivity index (χ4n) is 4.27. The average Bonchev–Trinajstić information content (AvgIpc) is 3.26. The Bertz CT molecular complexity index is 1100. The second-order valence-electron chi connectivity index (χ2n) is 8.94. The van der Waals surface area contributed by atoms with Crippen LogP contribution in [-0.4, -0.2) is 50.9 Å². The molecule has 8 heteroatoms. The minimum absolute atomic E-state index is 0.171. The summed E-state index contributed by atoms with van der Waals surface area (Å²) in [6.07, 6.45) is 0.184. The lowest BCUT2D eigenvalue weighted by Crippen LogP contribution is -2.59. The molecule has 6 nitrogen and oxygen atoms in total. The van der Waals surface area contributed by atoms with Crippen LogP contribution in [0.5, 0.6) is 5.75 Å². The molecule has 33 heavy (non-hydrogen) atoms. The van der Waals surface area contributed by atoms with Crippen molar-refractivity contribution in [3.63, 3.8) is 0 Å². The number of aromatic nitrogens is 2. The van der Waals surface area contributed by atoms with Crippen molar-refractivity contribution in [1.29, 1.82) is 0 Å². The van der Waals surface area contributed by atoms with Gasteiger partial charge in [-0.05, 0) is 73.4 Å². The summed E-state index contributed by atoms with van der Waals surface area (Å²) < 4.78 is 32.6. The molecule has 0 radical (unpaired) electrons. The average molecular weight is 456 g/mol. The van der Waals surface area contributed by atoms with E-state index in [-0.39, 0.29) is 30.0 Å². The number of piperidine rings is 1. The molecule has 0 bridgehead atoms. The molecule has 0 saturated carbocycles. The van der Waals surface area contributed by atoms with E-state index in [1.807, 2.05) is 13.8 Å². The SMILES string of the molecule is CC(C)C[C@]1(O)CCN(C(=O)c2cc(-c3ccc(F)cc3)n[nH]2)C[C@@H]1Oc1ccc(F)cc1. The number of hydrogen-bond acceptors (Lipinski definition) is 4. The maximum atomic E-state index is 13.3. The molecule has 174 valence electrons. The largest absolute Gasteiger partial charge is 0.486 e. The summed E-state index contributed by atoms with van der Waals surface area (Å²) in [7, 11) is 0. The lowest BCUT2D eigenvalue weighted by molar-refractivity contribution is -0.111. The van der Waals surface area contributed by atoms with Crippen LogP contribution in [0.3, 0.4) is 0 Å². The molecule has 3 aromatic rings. The van der Waals surface area contributed by atoms with Gasteiger partial charge in [-0.3, -0.25) is 9.89 Å². The fraction of sp³-hybridized carbons (Fsp3) is 0.360. The molecule has 1 saturated heterocycles. The number of rotatable bonds is 6. The Morgan fingerprint density at radius 3 is 2.45 bits per heavy atom. The molecular weight excluding hydrogens is 428 g/mol. The van der Waals surface area contributed by atoms with E-state index in [0.717, 1.165) is 0 Å². The van der Waals surface area contributed by atoms with Crippen molar-refractivity contribution in [3.05, 3.63) is 71.9 Å². The van der Waals surface area contributed by atoms with Crippen LogP contribution in [0, 0.1) is 17.6 Å². The Balaban J connectivity index is 1.53. The summed E-state index contributed by atoms with van der Waals surface area (Å²) >= 11 is 0. The third-order valence-electron chi connectivity index (χ3n) is 5.89. The van der Waals surface area contributed by atoms with Gasteiger partial charge in [0.05, 0.1) is 12.2 Å². The van der Waals surface area contributed by atoms with E-state index >= 15 is 0 Å². The number of ether oxygens (including phenoxy) is 1. The van der Waals surface area contributed by atoms with Crippen molar-refractivity contribution in [2.45, 2.75) is 38.4 Å². The van der Waals surface area contributed by atoms with Gasteiger partial charge in [-0.15, -0.1) is 0 Å². The second-order valence-corrected chi connectivity index (χ2v) is 8.94. The first-order valence-corrected chi connectivity index (χ1v) is 11.0. The molecule has 0 spiro atoms. The normalized spacial score (nSPS) is 20.8. The first-order valence-electron chi connectivity index (χ1n) is 11.0. The monoisotopic (exact) mass is 455 g/mol. The molecular formula is C25H27F2N3O3. The number of aliphatic hydroxyl groups is 1. The number of amides is 1. The number of aromatic amines is 1. The highest BCUT2D eigenvalue weighted by Crippen LogP contribution is 2.33. The van der Waals surface area contributed by atoms with E-state index < -0.39 is 11.7 Å². The number of halogens is 2. The highest BCUT2D eigenvalue weighted by Gasteiger charge is 2.45. The maximum Gasteiger partial charge on any atom is 0.272 e. The van der Waals surface area contributed by atoms with Crippen LogP contribution in [0.15, 0.2) is 54.6 Å². The molecule has 0 aliphatic carbocycles. The first kappa shape index (κ1) is 22.9. The van der Waals surface area contributed by atoms with Gasteiger partial charge in [-0.2, -0.15) is 5.10 Å². The van der Waals surface area contributed by atoms with Gasteiger partial charge in [0.1, 0.15) is 34.8 Å². The molecule has 2 aromatic carbocycles. The van der Waals surface area contributed by atoms with Gasteiger partial charge in [-0.25, -0.2) is 8.78 Å². The van der Waals surface area contributed by atoms with E-state index in [9.17, 15) is 18.7 Å². The number of likely N-dealkylation sites (tertiary alicyclic amines) is 1. The van der Waals surface area contributed by atoms with Crippen LogP contribution in [0.4, 0.5) is 8.78 Å². The van der Waals surface area contributed by atoms with Crippen molar-refractivity contribution < 1.29 is 23.4 Å². The van der Waals surface area contributed by atoms with Gasteiger partial charge < -0.3 is 14.7 Å². The highest BCUT2D eigenvalue weighted by molar-refractivity contribution is 5.93. The third kappa shape index (κ3) is 5.22. The minimum atomic E-state index is -1.12. The van der Waals surface area contributed by atoms with Crippen LogP contribution < -0.4 is 4.74 Å². The number of benzene rings is 2. The lowest BCUT2D eigenvalue weighted by atomic mass is 9.81. The summed E-state index contributed by atoms with van der Waals surface area (Å²) in [5.41, 5.74) is 0.399. The van der Waals surface area contributed by atoms with Crippen molar-refractivity contribution in [3.8, 4) is 17.0 Å². The van der Waals surface area contributed by atoms with Crippen molar-refractivity contribution in [2.75, 3.05) is 13.1 Å². The smallest absolute Gasteiger partial charge is 0.272 e. The quantitative estimate of drug-likeness (QED) is 0.577. The molecule has 2 atom stereocenters. The molecule has 2 heterocycles. The van der Waals surface area contributed by atoms with Crippen LogP contribution in [0.25, 0.3) is 11.3 Å². The van der Waals surface area contributed by atoms with E-state index in [4.69, 9.17) is 4.74 Å². The Morgan fingerprint density at radius 1 is 1.18 bits per heavy atom. The predicted molar refractivity (Wildman–Crippen MR) is 120 cm³/mol. The van der Waals surface area contributed by atoms with Crippen LogP contribution >= 0.6 is 0 Å². The maximum absolute atomic E-state index is 13.3. The predicted octanol–water partition coefficient (Wildman–Crippen LogP) is 4.43. The van der Waals surface area contributed by atoms with E-state index in [0.29, 0.717) is 42.1 Å². The minimum Gasteiger partial charge on any atom is -0.486 e. The summed E-state index contributed by atoms with van der Waals surface area (Å²) in [6.45, 7) is 4.57. The number of nitrogens with one attached hydrogen (secondary N) is 1. The molecule has 1 amide bonds. The van der Waals surface area contributed by atoms with Crippen molar-refractivity contribution >= 4 is 5.91 Å². The summed E-state index contributed by atoms with van der Waals surface area (Å²) in [5.74, 6) is -0.341.